The Morgan fingerprint density at radius 3 is 2.74 bits per heavy atom. The highest BCUT2D eigenvalue weighted by atomic mass is 32.2. The first-order chi connectivity index (χ1) is 11.1. The number of carbonyl (C=O) groups excluding carboxylic acids is 1. The maximum absolute atomic E-state index is 12.2. The van der Waals surface area contributed by atoms with Crippen molar-refractivity contribution in [2.24, 2.45) is 0 Å². The van der Waals surface area contributed by atoms with Crippen LogP contribution in [0.5, 0.6) is 0 Å². The molecule has 1 saturated carbocycles. The number of hydrogen-bond acceptors (Lipinski definition) is 6. The molecule has 1 aliphatic rings. The van der Waals surface area contributed by atoms with Gasteiger partial charge in [-0.3, -0.25) is 4.79 Å². The molecule has 122 valence electrons. The highest BCUT2D eigenvalue weighted by molar-refractivity contribution is 8.00. The Hall–Kier alpha value is -1.68. The SMILES string of the molecule is O=C(CSc1nnnn1C1CC1)Nc1ccc(SC(F)F)cc1. The van der Waals surface area contributed by atoms with E-state index in [1.54, 1.807) is 28.9 Å². The van der Waals surface area contributed by atoms with Crippen molar-refractivity contribution in [2.45, 2.75) is 34.7 Å². The maximum atomic E-state index is 12.2. The zero-order valence-corrected chi connectivity index (χ0v) is 13.5. The van der Waals surface area contributed by atoms with Gasteiger partial charge in [0.05, 0.1) is 11.8 Å². The molecule has 1 amide bonds. The molecule has 0 aliphatic heterocycles. The van der Waals surface area contributed by atoms with Gasteiger partial charge in [0.15, 0.2) is 0 Å². The Morgan fingerprint density at radius 1 is 1.35 bits per heavy atom. The van der Waals surface area contributed by atoms with Gasteiger partial charge in [0.25, 0.3) is 5.76 Å². The fourth-order valence-corrected chi connectivity index (χ4v) is 3.12. The minimum Gasteiger partial charge on any atom is -0.325 e. The van der Waals surface area contributed by atoms with Gasteiger partial charge in [0.1, 0.15) is 0 Å². The minimum atomic E-state index is -2.45. The van der Waals surface area contributed by atoms with Crippen LogP contribution in [-0.4, -0.2) is 37.6 Å². The van der Waals surface area contributed by atoms with Crippen molar-refractivity contribution >= 4 is 35.1 Å². The average molecular weight is 357 g/mol. The fraction of sp³-hybridized carbons (Fsp3) is 0.385. The molecule has 3 rings (SSSR count). The van der Waals surface area contributed by atoms with E-state index in [9.17, 15) is 13.6 Å². The third kappa shape index (κ3) is 4.64. The van der Waals surface area contributed by atoms with Crippen LogP contribution in [-0.2, 0) is 4.79 Å². The summed E-state index contributed by atoms with van der Waals surface area (Å²) in [5.41, 5.74) is 0.566. The first-order valence-electron chi connectivity index (χ1n) is 6.87. The number of amides is 1. The van der Waals surface area contributed by atoms with Crippen molar-refractivity contribution in [3.63, 3.8) is 0 Å². The van der Waals surface area contributed by atoms with Crippen LogP contribution in [0.3, 0.4) is 0 Å². The highest BCUT2D eigenvalue weighted by Crippen LogP contribution is 2.36. The van der Waals surface area contributed by atoms with Crippen LogP contribution in [0, 0.1) is 0 Å². The summed E-state index contributed by atoms with van der Waals surface area (Å²) in [6.07, 6.45) is 2.13. The molecular formula is C13H13F2N5OS2. The van der Waals surface area contributed by atoms with Gasteiger partial charge in [-0.2, -0.15) is 8.78 Å². The van der Waals surface area contributed by atoms with Crippen LogP contribution < -0.4 is 5.32 Å². The third-order valence-corrected chi connectivity index (χ3v) is 4.71. The second kappa shape index (κ2) is 7.26. The monoisotopic (exact) mass is 357 g/mol. The quantitative estimate of drug-likeness (QED) is 0.768. The summed E-state index contributed by atoms with van der Waals surface area (Å²) in [6, 6.07) is 6.65. The van der Waals surface area contributed by atoms with Gasteiger partial charge in [0, 0.05) is 10.6 Å². The summed E-state index contributed by atoms with van der Waals surface area (Å²) in [7, 11) is 0. The van der Waals surface area contributed by atoms with E-state index >= 15 is 0 Å². The van der Waals surface area contributed by atoms with Crippen molar-refractivity contribution in [2.75, 3.05) is 11.1 Å². The van der Waals surface area contributed by atoms with Crippen molar-refractivity contribution in [3.05, 3.63) is 24.3 Å². The number of tetrazole rings is 1. The number of anilines is 1. The first kappa shape index (κ1) is 16.2. The van der Waals surface area contributed by atoms with Crippen LogP contribution in [0.15, 0.2) is 34.3 Å². The van der Waals surface area contributed by atoms with Gasteiger partial charge < -0.3 is 5.32 Å². The highest BCUT2D eigenvalue weighted by Gasteiger charge is 2.28. The number of benzene rings is 1. The molecule has 1 N–H and O–H groups in total. The largest absolute Gasteiger partial charge is 0.325 e. The van der Waals surface area contributed by atoms with Crippen LogP contribution in [0.1, 0.15) is 18.9 Å². The Bertz CT molecular complexity index is 675. The Kier molecular flexibility index (Phi) is 5.11. The van der Waals surface area contributed by atoms with E-state index in [1.807, 2.05) is 0 Å². The fourth-order valence-electron chi connectivity index (χ4n) is 1.88. The standard InChI is InChI=1S/C13H13F2N5OS2/c14-12(15)23-10-5-1-8(2-6-10)16-11(21)7-22-13-17-18-19-20(13)9-3-4-9/h1-2,5-6,9,12H,3-4,7H2,(H,16,21). The summed E-state index contributed by atoms with van der Waals surface area (Å²) in [4.78, 5) is 12.4. The Balaban J connectivity index is 1.50. The number of nitrogens with zero attached hydrogens (tertiary/aromatic N) is 4. The van der Waals surface area contributed by atoms with Crippen molar-refractivity contribution in [1.82, 2.24) is 20.2 Å². The smallest absolute Gasteiger partial charge is 0.288 e. The van der Waals surface area contributed by atoms with E-state index in [0.717, 1.165) is 12.8 Å². The van der Waals surface area contributed by atoms with Crippen LogP contribution in [0.2, 0.25) is 0 Å². The lowest BCUT2D eigenvalue weighted by Crippen LogP contribution is -2.14. The van der Waals surface area contributed by atoms with E-state index in [1.165, 1.54) is 11.8 Å². The zero-order chi connectivity index (χ0) is 16.2. The van der Waals surface area contributed by atoms with Gasteiger partial charge in [-0.1, -0.05) is 23.5 Å². The van der Waals surface area contributed by atoms with Crippen LogP contribution >= 0.6 is 23.5 Å². The lowest BCUT2D eigenvalue weighted by molar-refractivity contribution is -0.113. The third-order valence-electron chi connectivity index (χ3n) is 3.05. The molecule has 2 aromatic rings. The number of alkyl halides is 2. The number of carbonyl (C=O) groups is 1. The summed E-state index contributed by atoms with van der Waals surface area (Å²) in [5.74, 6) is -2.47. The number of hydrogen-bond donors (Lipinski definition) is 1. The lowest BCUT2D eigenvalue weighted by atomic mass is 10.3. The molecule has 1 fully saturated rings. The number of nitrogens with one attached hydrogen (secondary N) is 1. The molecule has 23 heavy (non-hydrogen) atoms. The minimum absolute atomic E-state index is 0.181. The predicted molar refractivity (Wildman–Crippen MR) is 83.7 cm³/mol. The molecule has 0 atom stereocenters. The summed E-state index contributed by atoms with van der Waals surface area (Å²) in [5, 5.41) is 14.8. The number of rotatable bonds is 7. The summed E-state index contributed by atoms with van der Waals surface area (Å²) >= 11 is 1.74. The van der Waals surface area contributed by atoms with Crippen LogP contribution in [0.25, 0.3) is 0 Å². The summed E-state index contributed by atoms with van der Waals surface area (Å²) < 4.78 is 26.2. The average Bonchev–Trinajstić information content (AvgIpc) is 3.25. The van der Waals surface area contributed by atoms with Crippen molar-refractivity contribution in [1.29, 1.82) is 0 Å². The van der Waals surface area contributed by atoms with Crippen molar-refractivity contribution < 1.29 is 13.6 Å². The molecular weight excluding hydrogens is 344 g/mol. The second-order valence-corrected chi connectivity index (χ2v) is 6.88. The Labute approximate surface area is 139 Å². The number of aromatic nitrogens is 4. The van der Waals surface area contributed by atoms with Crippen LogP contribution in [0.4, 0.5) is 14.5 Å². The van der Waals surface area contributed by atoms with Crippen molar-refractivity contribution in [3.8, 4) is 0 Å². The normalized spacial score (nSPS) is 14.2. The predicted octanol–water partition coefficient (Wildman–Crippen LogP) is 3.05. The van der Waals surface area contributed by atoms with Gasteiger partial charge in [-0.15, -0.1) is 5.10 Å². The van der Waals surface area contributed by atoms with E-state index in [0.29, 0.717) is 33.5 Å². The molecule has 1 aliphatic carbocycles. The number of thioether (sulfide) groups is 2. The topological polar surface area (TPSA) is 72.7 Å². The molecule has 0 unspecified atom stereocenters. The first-order valence-corrected chi connectivity index (χ1v) is 8.74. The molecule has 6 nitrogen and oxygen atoms in total. The molecule has 1 aromatic carbocycles. The molecule has 0 spiro atoms. The molecule has 0 saturated heterocycles. The van der Waals surface area contributed by atoms with Gasteiger partial charge >= 0.3 is 0 Å². The van der Waals surface area contributed by atoms with Gasteiger partial charge in [-0.25, -0.2) is 4.68 Å². The zero-order valence-electron chi connectivity index (χ0n) is 11.9. The van der Waals surface area contributed by atoms with Gasteiger partial charge in [0.2, 0.25) is 11.1 Å². The number of halogens is 2. The molecule has 1 heterocycles. The van der Waals surface area contributed by atoms with E-state index < -0.39 is 5.76 Å². The maximum Gasteiger partial charge on any atom is 0.288 e. The molecule has 10 heteroatoms. The summed E-state index contributed by atoms with van der Waals surface area (Å²) in [6.45, 7) is 0. The molecule has 0 radical (unpaired) electrons. The lowest BCUT2D eigenvalue weighted by Gasteiger charge is -2.06. The van der Waals surface area contributed by atoms with E-state index in [-0.39, 0.29) is 11.7 Å². The van der Waals surface area contributed by atoms with E-state index in [4.69, 9.17) is 0 Å². The Morgan fingerprint density at radius 2 is 2.09 bits per heavy atom. The molecule has 0 bridgehead atoms. The molecule has 1 aromatic heterocycles. The second-order valence-electron chi connectivity index (χ2n) is 4.88. The van der Waals surface area contributed by atoms with E-state index in [2.05, 4.69) is 20.8 Å². The van der Waals surface area contributed by atoms with Gasteiger partial charge in [-0.05, 0) is 47.5 Å².